The highest BCUT2D eigenvalue weighted by Crippen LogP contribution is 2.43. The van der Waals surface area contributed by atoms with Crippen LogP contribution in [0.4, 0.5) is 5.69 Å². The first-order valence-electron chi connectivity index (χ1n) is 11.4. The van der Waals surface area contributed by atoms with Crippen LogP contribution in [0.2, 0.25) is 0 Å². The number of thiocarbonyl (C=S) groups is 1. The molecule has 0 radical (unpaired) electrons. The van der Waals surface area contributed by atoms with Crippen molar-refractivity contribution in [2.75, 3.05) is 4.90 Å². The molecule has 1 aromatic carbocycles. The average molecular weight is 457 g/mol. The van der Waals surface area contributed by atoms with Gasteiger partial charge in [0.05, 0.1) is 30.6 Å². The summed E-state index contributed by atoms with van der Waals surface area (Å²) in [6, 6.07) is 20.9. The van der Waals surface area contributed by atoms with Gasteiger partial charge in [-0.25, -0.2) is 0 Å². The van der Waals surface area contributed by atoms with Crippen molar-refractivity contribution in [3.63, 3.8) is 0 Å². The van der Waals surface area contributed by atoms with Crippen molar-refractivity contribution < 1.29 is 4.42 Å². The highest BCUT2D eigenvalue weighted by atomic mass is 32.1. The van der Waals surface area contributed by atoms with Crippen LogP contribution >= 0.6 is 12.2 Å². The third kappa shape index (κ3) is 3.95. The standard InChI is InChI=1S/C27H28N4OS/c1-4-20-10-12-21(13-11-20)31-26(25(29-27(31)33)24-9-5-6-14-28-24)23-16-18(2)30(19(23)3)17-22-8-7-15-32-22/h5-16,25-26H,4,17H2,1-3H3,(H,29,33)/t25-,26-/m0/s1. The molecule has 6 heteroatoms. The Hall–Kier alpha value is -3.38. The van der Waals surface area contributed by atoms with Crippen molar-refractivity contribution in [1.82, 2.24) is 14.9 Å². The number of anilines is 1. The molecular weight excluding hydrogens is 428 g/mol. The summed E-state index contributed by atoms with van der Waals surface area (Å²) in [4.78, 5) is 6.92. The average Bonchev–Trinajstić information content (AvgIpc) is 3.54. The Morgan fingerprint density at radius 1 is 1.06 bits per heavy atom. The summed E-state index contributed by atoms with van der Waals surface area (Å²) < 4.78 is 7.94. The molecule has 1 aliphatic heterocycles. The number of pyridine rings is 1. The number of nitrogens with zero attached hydrogens (tertiary/aromatic N) is 3. The lowest BCUT2D eigenvalue weighted by atomic mass is 9.96. The Labute approximate surface area is 200 Å². The van der Waals surface area contributed by atoms with Gasteiger partial charge in [0.15, 0.2) is 5.11 Å². The molecule has 1 fully saturated rings. The molecule has 4 aromatic rings. The highest BCUT2D eigenvalue weighted by molar-refractivity contribution is 7.80. The molecule has 0 saturated carbocycles. The Bertz CT molecular complexity index is 1250. The topological polar surface area (TPSA) is 46.2 Å². The molecule has 1 N–H and O–H groups in total. The minimum absolute atomic E-state index is 0.0172. The fourth-order valence-electron chi connectivity index (χ4n) is 4.77. The van der Waals surface area contributed by atoms with Crippen molar-refractivity contribution >= 4 is 23.0 Å². The number of aryl methyl sites for hydroxylation is 2. The molecule has 33 heavy (non-hydrogen) atoms. The number of rotatable bonds is 6. The van der Waals surface area contributed by atoms with E-state index in [1.165, 1.54) is 22.5 Å². The fraction of sp³-hybridized carbons (Fsp3) is 0.259. The lowest BCUT2D eigenvalue weighted by molar-refractivity contribution is 0.488. The zero-order valence-electron chi connectivity index (χ0n) is 19.2. The van der Waals surface area contributed by atoms with Gasteiger partial charge in [0, 0.05) is 23.3 Å². The summed E-state index contributed by atoms with van der Waals surface area (Å²) in [5.74, 6) is 0.941. The molecule has 1 aliphatic rings. The van der Waals surface area contributed by atoms with Gasteiger partial charge in [0.1, 0.15) is 5.76 Å². The van der Waals surface area contributed by atoms with Crippen molar-refractivity contribution in [2.24, 2.45) is 0 Å². The Morgan fingerprint density at radius 3 is 2.55 bits per heavy atom. The van der Waals surface area contributed by atoms with Crippen LogP contribution in [0.5, 0.6) is 0 Å². The van der Waals surface area contributed by atoms with Crippen LogP contribution in [0.3, 0.4) is 0 Å². The molecule has 0 amide bonds. The van der Waals surface area contributed by atoms with E-state index in [-0.39, 0.29) is 12.1 Å². The predicted octanol–water partition coefficient (Wildman–Crippen LogP) is 5.88. The van der Waals surface area contributed by atoms with Crippen LogP contribution in [-0.2, 0) is 13.0 Å². The first-order chi connectivity index (χ1) is 16.1. The first-order valence-corrected chi connectivity index (χ1v) is 11.8. The van der Waals surface area contributed by atoms with Gasteiger partial charge in [-0.3, -0.25) is 4.98 Å². The minimum Gasteiger partial charge on any atom is -0.467 e. The predicted molar refractivity (Wildman–Crippen MR) is 135 cm³/mol. The van der Waals surface area contributed by atoms with Gasteiger partial charge >= 0.3 is 0 Å². The van der Waals surface area contributed by atoms with Gasteiger partial charge in [-0.15, -0.1) is 0 Å². The molecule has 0 aliphatic carbocycles. The molecule has 4 heterocycles. The number of hydrogen-bond donors (Lipinski definition) is 1. The van der Waals surface area contributed by atoms with Crippen LogP contribution in [0.1, 0.15) is 53.0 Å². The smallest absolute Gasteiger partial charge is 0.174 e. The van der Waals surface area contributed by atoms with E-state index < -0.39 is 0 Å². The normalized spacial score (nSPS) is 18.0. The van der Waals surface area contributed by atoms with Crippen molar-refractivity contribution in [3.05, 3.63) is 107 Å². The van der Waals surface area contributed by atoms with E-state index in [1.807, 2.05) is 30.5 Å². The van der Waals surface area contributed by atoms with Crippen molar-refractivity contribution in [1.29, 1.82) is 0 Å². The highest BCUT2D eigenvalue weighted by Gasteiger charge is 2.42. The summed E-state index contributed by atoms with van der Waals surface area (Å²) in [5.41, 5.74) is 7.01. The van der Waals surface area contributed by atoms with Gasteiger partial charge in [0.2, 0.25) is 0 Å². The molecule has 2 atom stereocenters. The number of benzene rings is 1. The molecule has 3 aromatic heterocycles. The van der Waals surface area contributed by atoms with Crippen molar-refractivity contribution in [2.45, 2.75) is 45.8 Å². The molecule has 0 spiro atoms. The summed E-state index contributed by atoms with van der Waals surface area (Å²) in [6.07, 6.45) is 4.58. The number of aromatic nitrogens is 2. The second kappa shape index (κ2) is 8.87. The van der Waals surface area contributed by atoms with Gasteiger partial charge in [0.25, 0.3) is 0 Å². The first kappa shape index (κ1) is 21.5. The number of hydrogen-bond acceptors (Lipinski definition) is 3. The minimum atomic E-state index is -0.0536. The van der Waals surface area contributed by atoms with E-state index in [9.17, 15) is 0 Å². The maximum Gasteiger partial charge on any atom is 0.174 e. The fourth-order valence-corrected chi connectivity index (χ4v) is 5.12. The monoisotopic (exact) mass is 456 g/mol. The van der Waals surface area contributed by atoms with Gasteiger partial charge < -0.3 is 19.2 Å². The molecule has 0 bridgehead atoms. The van der Waals surface area contributed by atoms with E-state index in [4.69, 9.17) is 16.6 Å². The van der Waals surface area contributed by atoms with E-state index in [0.717, 1.165) is 28.7 Å². The molecule has 168 valence electrons. The number of nitrogens with one attached hydrogen (secondary N) is 1. The molecular formula is C27H28N4OS. The summed E-state index contributed by atoms with van der Waals surface area (Å²) >= 11 is 5.88. The summed E-state index contributed by atoms with van der Waals surface area (Å²) in [6.45, 7) is 7.20. The Balaban J connectivity index is 1.61. The van der Waals surface area contributed by atoms with E-state index in [2.05, 4.69) is 76.9 Å². The SMILES string of the molecule is CCc1ccc(N2C(=S)N[C@@H](c3ccccn3)[C@@H]2c2cc(C)n(Cc3ccco3)c2C)cc1. The van der Waals surface area contributed by atoms with Crippen molar-refractivity contribution in [3.8, 4) is 0 Å². The zero-order chi connectivity index (χ0) is 22.9. The number of furan rings is 1. The third-order valence-electron chi connectivity index (χ3n) is 6.55. The van der Waals surface area contributed by atoms with Crippen LogP contribution in [0, 0.1) is 13.8 Å². The van der Waals surface area contributed by atoms with Crippen LogP contribution < -0.4 is 10.2 Å². The molecule has 1 saturated heterocycles. The lowest BCUT2D eigenvalue weighted by Crippen LogP contribution is -2.29. The van der Waals surface area contributed by atoms with E-state index in [1.54, 1.807) is 6.26 Å². The lowest BCUT2D eigenvalue weighted by Gasteiger charge is -2.28. The molecule has 0 unspecified atom stereocenters. The summed E-state index contributed by atoms with van der Waals surface area (Å²) in [7, 11) is 0. The molecule has 5 nitrogen and oxygen atoms in total. The largest absolute Gasteiger partial charge is 0.467 e. The van der Waals surface area contributed by atoms with Gasteiger partial charge in [-0.1, -0.05) is 25.1 Å². The maximum atomic E-state index is 5.88. The van der Waals surface area contributed by atoms with Crippen LogP contribution in [-0.4, -0.2) is 14.7 Å². The molecule has 5 rings (SSSR count). The van der Waals surface area contributed by atoms with Gasteiger partial charge in [-0.2, -0.15) is 0 Å². The second-order valence-corrected chi connectivity index (χ2v) is 8.90. The van der Waals surface area contributed by atoms with E-state index >= 15 is 0 Å². The van der Waals surface area contributed by atoms with Crippen LogP contribution in [0.25, 0.3) is 0 Å². The van der Waals surface area contributed by atoms with Crippen LogP contribution in [0.15, 0.2) is 77.5 Å². The van der Waals surface area contributed by atoms with Gasteiger partial charge in [-0.05, 0) is 86.1 Å². The van der Waals surface area contributed by atoms with E-state index in [0.29, 0.717) is 6.54 Å². The maximum absolute atomic E-state index is 5.88. The zero-order valence-corrected chi connectivity index (χ0v) is 20.0. The quantitative estimate of drug-likeness (QED) is 0.367. The summed E-state index contributed by atoms with van der Waals surface area (Å²) in [5, 5.41) is 4.28. The Kier molecular flexibility index (Phi) is 5.77. The Morgan fingerprint density at radius 2 is 1.88 bits per heavy atom. The third-order valence-corrected chi connectivity index (χ3v) is 6.86. The second-order valence-electron chi connectivity index (χ2n) is 8.51.